The molecule has 9 nitrogen and oxygen atoms in total. The number of aromatic nitrogens is 3. The highest BCUT2D eigenvalue weighted by molar-refractivity contribution is 7.71. The van der Waals surface area contributed by atoms with Gasteiger partial charge in [-0.3, -0.25) is 9.36 Å². The third-order valence-corrected chi connectivity index (χ3v) is 5.55. The monoisotopic (exact) mass is 436 g/mol. The van der Waals surface area contributed by atoms with Crippen molar-refractivity contribution in [2.24, 2.45) is 0 Å². The zero-order valence-electron chi connectivity index (χ0n) is 17.4. The number of amides is 1. The molecule has 1 saturated heterocycles. The van der Waals surface area contributed by atoms with Gasteiger partial charge in [0.1, 0.15) is 24.4 Å². The van der Waals surface area contributed by atoms with Crippen molar-refractivity contribution in [3.05, 3.63) is 34.6 Å². The molecule has 0 unspecified atom stereocenters. The highest BCUT2D eigenvalue weighted by atomic mass is 32.1. The average Bonchev–Trinajstić information content (AvgIpc) is 3.03. The van der Waals surface area contributed by atoms with Crippen LogP contribution in [0.4, 0.5) is 0 Å². The first-order valence-corrected chi connectivity index (χ1v) is 10.2. The highest BCUT2D eigenvalue weighted by Gasteiger charge is 2.46. The lowest BCUT2D eigenvalue weighted by atomic mass is 9.96. The molecule has 1 aliphatic rings. The van der Waals surface area contributed by atoms with Crippen LogP contribution in [-0.4, -0.2) is 66.5 Å². The minimum absolute atomic E-state index is 0.0190. The Labute approximate surface area is 179 Å². The fraction of sp³-hybridized carbons (Fsp3) is 0.550. The van der Waals surface area contributed by atoms with Crippen molar-refractivity contribution in [3.8, 4) is 11.4 Å². The van der Waals surface area contributed by atoms with Crippen LogP contribution in [-0.2, 0) is 9.53 Å². The van der Waals surface area contributed by atoms with E-state index in [2.05, 4.69) is 10.4 Å². The Kier molecular flexibility index (Phi) is 6.73. The second-order valence-corrected chi connectivity index (χ2v) is 8.20. The fourth-order valence-corrected chi connectivity index (χ4v) is 4.06. The summed E-state index contributed by atoms with van der Waals surface area (Å²) in [7, 11) is 0. The van der Waals surface area contributed by atoms with Crippen LogP contribution in [0.5, 0.6) is 0 Å². The van der Waals surface area contributed by atoms with Gasteiger partial charge in [-0.15, -0.1) is 5.10 Å². The quantitative estimate of drug-likeness (QED) is 0.518. The fourth-order valence-electron chi connectivity index (χ4n) is 3.62. The first-order chi connectivity index (χ1) is 14.1. The van der Waals surface area contributed by atoms with Gasteiger partial charge in [-0.25, -0.2) is 4.68 Å². The van der Waals surface area contributed by atoms with Gasteiger partial charge in [0.05, 0.1) is 6.61 Å². The van der Waals surface area contributed by atoms with E-state index in [0.29, 0.717) is 10.6 Å². The number of aliphatic hydroxyl groups excluding tert-OH is 3. The molecule has 2 aromatic rings. The summed E-state index contributed by atoms with van der Waals surface area (Å²) in [5, 5.41) is 37.7. The maximum Gasteiger partial charge on any atom is 0.217 e. The number of rotatable bonds is 5. The van der Waals surface area contributed by atoms with Crippen LogP contribution in [0.2, 0.25) is 0 Å². The van der Waals surface area contributed by atoms with Gasteiger partial charge < -0.3 is 25.4 Å². The number of benzene rings is 1. The number of ether oxygens (including phenoxy) is 1. The van der Waals surface area contributed by atoms with Crippen LogP contribution in [0, 0.1) is 11.7 Å². The van der Waals surface area contributed by atoms with Crippen molar-refractivity contribution in [2.45, 2.75) is 64.3 Å². The molecule has 0 radical (unpaired) electrons. The molecule has 0 spiro atoms. The lowest BCUT2D eigenvalue weighted by Gasteiger charge is -2.42. The summed E-state index contributed by atoms with van der Waals surface area (Å²) in [5.41, 5.74) is 1.96. The normalized spacial score (nSPS) is 26.7. The predicted octanol–water partition coefficient (Wildman–Crippen LogP) is 1.09. The molecule has 1 aromatic heterocycles. The summed E-state index contributed by atoms with van der Waals surface area (Å²) in [6.07, 6.45) is -4.81. The molecule has 10 heteroatoms. The number of carbonyl (C=O) groups excluding carboxylic acids is 1. The van der Waals surface area contributed by atoms with E-state index in [4.69, 9.17) is 17.0 Å². The van der Waals surface area contributed by atoms with Crippen molar-refractivity contribution < 1.29 is 24.9 Å². The number of aryl methyl sites for hydroxylation is 1. The molecular formula is C20H28N4O5S. The van der Waals surface area contributed by atoms with Crippen LogP contribution in [0.25, 0.3) is 11.4 Å². The molecule has 1 aromatic carbocycles. The lowest BCUT2D eigenvalue weighted by Crippen LogP contribution is -2.62. The minimum atomic E-state index is -1.38. The Morgan fingerprint density at radius 1 is 1.27 bits per heavy atom. The maximum atomic E-state index is 11.7. The number of nitrogens with zero attached hydrogens (tertiary/aromatic N) is 3. The molecule has 30 heavy (non-hydrogen) atoms. The van der Waals surface area contributed by atoms with Crippen LogP contribution >= 0.6 is 12.2 Å². The molecule has 5 atom stereocenters. The third kappa shape index (κ3) is 4.19. The molecule has 0 bridgehead atoms. The smallest absolute Gasteiger partial charge is 0.217 e. The lowest BCUT2D eigenvalue weighted by molar-refractivity contribution is -0.219. The van der Waals surface area contributed by atoms with E-state index < -0.39 is 43.1 Å². The van der Waals surface area contributed by atoms with Gasteiger partial charge in [-0.1, -0.05) is 29.8 Å². The van der Waals surface area contributed by atoms with Gasteiger partial charge in [0, 0.05) is 18.5 Å². The van der Waals surface area contributed by atoms with E-state index in [1.165, 1.54) is 11.6 Å². The van der Waals surface area contributed by atoms with Crippen LogP contribution in [0.1, 0.15) is 38.6 Å². The average molecular weight is 437 g/mol. The number of hydrogen-bond donors (Lipinski definition) is 4. The molecule has 1 fully saturated rings. The van der Waals surface area contributed by atoms with Crippen LogP contribution in [0.3, 0.4) is 0 Å². The second kappa shape index (κ2) is 8.94. The van der Waals surface area contributed by atoms with E-state index in [1.807, 2.05) is 49.6 Å². The van der Waals surface area contributed by atoms with E-state index in [1.54, 1.807) is 0 Å². The second-order valence-electron chi connectivity index (χ2n) is 7.84. The molecule has 0 aliphatic carbocycles. The van der Waals surface area contributed by atoms with Gasteiger partial charge in [-0.2, -0.15) is 0 Å². The molecular weight excluding hydrogens is 408 g/mol. The van der Waals surface area contributed by atoms with Gasteiger partial charge in [0.25, 0.3) is 0 Å². The van der Waals surface area contributed by atoms with Gasteiger partial charge in [0.15, 0.2) is 12.1 Å². The Morgan fingerprint density at radius 2 is 1.90 bits per heavy atom. The van der Waals surface area contributed by atoms with Crippen molar-refractivity contribution in [2.75, 3.05) is 6.61 Å². The topological polar surface area (TPSA) is 122 Å². The first kappa shape index (κ1) is 22.6. The Bertz CT molecular complexity index is 955. The molecule has 3 rings (SSSR count). The Morgan fingerprint density at radius 3 is 2.43 bits per heavy atom. The van der Waals surface area contributed by atoms with E-state index in [9.17, 15) is 20.1 Å². The van der Waals surface area contributed by atoms with Crippen molar-refractivity contribution in [1.29, 1.82) is 0 Å². The summed E-state index contributed by atoms with van der Waals surface area (Å²) < 4.78 is 9.46. The summed E-state index contributed by atoms with van der Waals surface area (Å²) in [5.74, 6) is 0.206. The minimum Gasteiger partial charge on any atom is -0.394 e. The zero-order chi connectivity index (χ0) is 22.2. The largest absolute Gasteiger partial charge is 0.394 e. The standard InChI is InChI=1S/C20H28N4O5S/c1-10(2)23-18(13-7-5-11(3)6-8-13)22-24(20(23)30)19-15(21-12(4)26)17(28)16(27)14(9-25)29-19/h5-8,10,14-17,19,25,27-28H,9H2,1-4H3,(H,21,26)/t14-,15+,16+,17-,19+/m0/s1. The highest BCUT2D eigenvalue weighted by Crippen LogP contribution is 2.31. The third-order valence-electron chi connectivity index (χ3n) is 5.17. The summed E-state index contributed by atoms with van der Waals surface area (Å²) in [6, 6.07) is 6.81. The Balaban J connectivity index is 2.14. The summed E-state index contributed by atoms with van der Waals surface area (Å²) in [6.45, 7) is 6.74. The van der Waals surface area contributed by atoms with Crippen LogP contribution < -0.4 is 5.32 Å². The number of carbonyl (C=O) groups is 1. The summed E-state index contributed by atoms with van der Waals surface area (Å²) >= 11 is 5.67. The molecule has 2 heterocycles. The molecule has 164 valence electrons. The van der Waals surface area contributed by atoms with Gasteiger partial charge >= 0.3 is 0 Å². The number of hydrogen-bond acceptors (Lipinski definition) is 7. The molecule has 4 N–H and O–H groups in total. The van der Waals surface area contributed by atoms with E-state index in [-0.39, 0.29) is 6.04 Å². The predicted molar refractivity (Wildman–Crippen MR) is 112 cm³/mol. The number of nitrogens with one attached hydrogen (secondary N) is 1. The van der Waals surface area contributed by atoms with E-state index >= 15 is 0 Å². The zero-order valence-corrected chi connectivity index (χ0v) is 18.2. The maximum absolute atomic E-state index is 11.7. The van der Waals surface area contributed by atoms with Crippen LogP contribution in [0.15, 0.2) is 24.3 Å². The molecule has 0 saturated carbocycles. The SMILES string of the molecule is CC(=O)N[C@@H]1[C@H](O)[C@H](O)[C@H](CO)O[C@H]1n1nc(-c2ccc(C)cc2)n(C(C)C)c1=S. The van der Waals surface area contributed by atoms with Crippen molar-refractivity contribution >= 4 is 18.1 Å². The van der Waals surface area contributed by atoms with Gasteiger partial charge in [0.2, 0.25) is 10.7 Å². The van der Waals surface area contributed by atoms with E-state index in [0.717, 1.165) is 11.1 Å². The molecule has 1 aliphatic heterocycles. The van der Waals surface area contributed by atoms with Crippen molar-refractivity contribution in [3.63, 3.8) is 0 Å². The molecule has 1 amide bonds. The Hall–Kier alpha value is -2.11. The summed E-state index contributed by atoms with van der Waals surface area (Å²) in [4.78, 5) is 11.7. The van der Waals surface area contributed by atoms with Gasteiger partial charge in [-0.05, 0) is 33.0 Å². The van der Waals surface area contributed by atoms with Crippen molar-refractivity contribution in [1.82, 2.24) is 19.7 Å². The first-order valence-electron chi connectivity index (χ1n) is 9.83. The number of aliphatic hydroxyl groups is 3.